The number of piperidine rings is 1. The number of nitrogens with zero attached hydrogens (tertiary/aromatic N) is 3. The Morgan fingerprint density at radius 2 is 1.97 bits per heavy atom. The zero-order chi connectivity index (χ0) is 20.2. The van der Waals surface area contributed by atoms with E-state index in [0.29, 0.717) is 30.3 Å². The van der Waals surface area contributed by atoms with Crippen molar-refractivity contribution in [1.29, 1.82) is 0 Å². The van der Waals surface area contributed by atoms with Gasteiger partial charge in [-0.25, -0.2) is 4.98 Å². The van der Waals surface area contributed by atoms with Crippen LogP contribution in [0.15, 0.2) is 41.8 Å². The maximum absolute atomic E-state index is 12.9. The van der Waals surface area contributed by atoms with E-state index in [1.54, 1.807) is 0 Å². The van der Waals surface area contributed by atoms with Crippen LogP contribution in [0.1, 0.15) is 35.3 Å². The van der Waals surface area contributed by atoms with E-state index in [-0.39, 0.29) is 11.8 Å². The number of carbonyl (C=O) groups excluding carboxylic acids is 2. The lowest BCUT2D eigenvalue weighted by molar-refractivity contribution is -0.133. The number of amides is 2. The minimum atomic E-state index is -0.0684. The van der Waals surface area contributed by atoms with Gasteiger partial charge in [-0.1, -0.05) is 25.1 Å². The highest BCUT2D eigenvalue weighted by atomic mass is 32.1. The van der Waals surface area contributed by atoms with E-state index in [2.05, 4.69) is 12.2 Å². The molecule has 7 heteroatoms. The zero-order valence-corrected chi connectivity index (χ0v) is 17.5. The van der Waals surface area contributed by atoms with Gasteiger partial charge in [0.05, 0.1) is 15.9 Å². The summed E-state index contributed by atoms with van der Waals surface area (Å²) >= 11 is 1.43. The van der Waals surface area contributed by atoms with E-state index < -0.39 is 0 Å². The molecule has 0 atom stereocenters. The van der Waals surface area contributed by atoms with Crippen molar-refractivity contribution in [2.24, 2.45) is 5.92 Å². The van der Waals surface area contributed by atoms with Gasteiger partial charge < -0.3 is 14.8 Å². The third kappa shape index (κ3) is 4.50. The van der Waals surface area contributed by atoms with Crippen molar-refractivity contribution in [3.63, 3.8) is 0 Å². The molecule has 1 N–H and O–H groups in total. The first-order valence-corrected chi connectivity index (χ1v) is 11.0. The lowest BCUT2D eigenvalue weighted by Crippen LogP contribution is -2.40. The number of nitrogens with one attached hydrogen (secondary N) is 1. The average Bonchev–Trinajstić information content (AvgIpc) is 3.37. The second-order valence-corrected chi connectivity index (χ2v) is 8.60. The molecule has 2 amide bonds. The van der Waals surface area contributed by atoms with Crippen molar-refractivity contribution in [3.05, 3.63) is 52.5 Å². The molecule has 0 unspecified atom stereocenters. The van der Waals surface area contributed by atoms with Gasteiger partial charge in [-0.2, -0.15) is 0 Å². The minimum absolute atomic E-state index is 0.0684. The molecular formula is C22H26N4O2S. The molecule has 0 saturated carbocycles. The van der Waals surface area contributed by atoms with E-state index in [1.165, 1.54) is 11.3 Å². The molecule has 1 aliphatic heterocycles. The smallest absolute Gasteiger partial charge is 0.261 e. The number of aromatic nitrogens is 2. The summed E-state index contributed by atoms with van der Waals surface area (Å²) < 4.78 is 2.01. The highest BCUT2D eigenvalue weighted by Crippen LogP contribution is 2.19. The van der Waals surface area contributed by atoms with Gasteiger partial charge in [0.2, 0.25) is 5.91 Å². The molecule has 1 aromatic carbocycles. The Morgan fingerprint density at radius 1 is 1.17 bits per heavy atom. The highest BCUT2D eigenvalue weighted by Gasteiger charge is 2.22. The molecule has 0 bridgehead atoms. The van der Waals surface area contributed by atoms with Gasteiger partial charge in [0.1, 0.15) is 12.4 Å². The number of likely N-dealkylation sites (tertiary alicyclic amines) is 1. The number of hydrogen-bond donors (Lipinski definition) is 1. The highest BCUT2D eigenvalue weighted by molar-refractivity contribution is 7.12. The Hall–Kier alpha value is -2.67. The van der Waals surface area contributed by atoms with Crippen LogP contribution in [0.4, 0.5) is 0 Å². The maximum Gasteiger partial charge on any atom is 0.261 e. The lowest BCUT2D eigenvalue weighted by Gasteiger charge is -2.30. The summed E-state index contributed by atoms with van der Waals surface area (Å²) in [6.45, 7) is 4.68. The number of para-hydroxylation sites is 2. The fraction of sp³-hybridized carbons (Fsp3) is 0.409. The molecule has 29 heavy (non-hydrogen) atoms. The van der Waals surface area contributed by atoms with Crippen molar-refractivity contribution in [2.75, 3.05) is 19.6 Å². The predicted octanol–water partition coefficient (Wildman–Crippen LogP) is 3.33. The first-order chi connectivity index (χ1) is 14.1. The van der Waals surface area contributed by atoms with Crippen LogP contribution >= 0.6 is 11.3 Å². The Morgan fingerprint density at radius 3 is 2.72 bits per heavy atom. The quantitative estimate of drug-likeness (QED) is 0.678. The Kier molecular flexibility index (Phi) is 5.94. The SMILES string of the molecule is CC1CCN(C(=O)Cn2c(CCNC(=O)c3cccs3)nc3ccccc32)CC1. The van der Waals surface area contributed by atoms with Crippen LogP contribution in [-0.2, 0) is 17.8 Å². The van der Waals surface area contributed by atoms with Crippen LogP contribution in [0.5, 0.6) is 0 Å². The third-order valence-corrected chi connectivity index (χ3v) is 6.41. The number of imidazole rings is 1. The molecule has 1 saturated heterocycles. The first kappa shape index (κ1) is 19.6. The Bertz CT molecular complexity index is 988. The summed E-state index contributed by atoms with van der Waals surface area (Å²) in [4.78, 5) is 32.5. The van der Waals surface area contributed by atoms with Crippen LogP contribution in [0.3, 0.4) is 0 Å². The average molecular weight is 411 g/mol. The standard InChI is InChI=1S/C22H26N4O2S/c1-16-9-12-25(13-10-16)21(27)15-26-18-6-3-2-5-17(18)24-20(26)8-11-23-22(28)19-7-4-14-29-19/h2-7,14,16H,8-13,15H2,1H3,(H,23,28). The van der Waals surface area contributed by atoms with E-state index in [4.69, 9.17) is 4.98 Å². The number of hydrogen-bond acceptors (Lipinski definition) is 4. The largest absolute Gasteiger partial charge is 0.351 e. The van der Waals surface area contributed by atoms with Crippen LogP contribution in [0.25, 0.3) is 11.0 Å². The van der Waals surface area contributed by atoms with Crippen LogP contribution < -0.4 is 5.32 Å². The summed E-state index contributed by atoms with van der Waals surface area (Å²) in [5.41, 5.74) is 1.85. The Balaban J connectivity index is 1.47. The van der Waals surface area contributed by atoms with Gasteiger partial charge in [-0.3, -0.25) is 9.59 Å². The zero-order valence-electron chi connectivity index (χ0n) is 16.6. The molecule has 1 fully saturated rings. The van der Waals surface area contributed by atoms with Gasteiger partial charge in [0.25, 0.3) is 5.91 Å². The van der Waals surface area contributed by atoms with Gasteiger partial charge in [0, 0.05) is 26.1 Å². The predicted molar refractivity (Wildman–Crippen MR) is 115 cm³/mol. The van der Waals surface area contributed by atoms with Crippen molar-refractivity contribution in [1.82, 2.24) is 19.8 Å². The summed E-state index contributed by atoms with van der Waals surface area (Å²) in [5.74, 6) is 1.59. The van der Waals surface area contributed by atoms with E-state index in [1.807, 2.05) is 51.2 Å². The van der Waals surface area contributed by atoms with Crippen LogP contribution in [-0.4, -0.2) is 45.9 Å². The van der Waals surface area contributed by atoms with Crippen molar-refractivity contribution in [3.8, 4) is 0 Å². The number of carbonyl (C=O) groups is 2. The van der Waals surface area contributed by atoms with E-state index >= 15 is 0 Å². The fourth-order valence-electron chi connectivity index (χ4n) is 3.77. The fourth-order valence-corrected chi connectivity index (χ4v) is 4.41. The minimum Gasteiger partial charge on any atom is -0.351 e. The number of thiophene rings is 1. The van der Waals surface area contributed by atoms with E-state index in [9.17, 15) is 9.59 Å². The van der Waals surface area contributed by atoms with Crippen molar-refractivity contribution >= 4 is 34.2 Å². The van der Waals surface area contributed by atoms with E-state index in [0.717, 1.165) is 42.8 Å². The maximum atomic E-state index is 12.9. The number of benzene rings is 1. The molecule has 4 rings (SSSR count). The summed E-state index contributed by atoms with van der Waals surface area (Å²) in [6.07, 6.45) is 2.71. The molecule has 1 aliphatic rings. The van der Waals surface area contributed by atoms with Gasteiger partial charge in [-0.05, 0) is 42.3 Å². The summed E-state index contributed by atoms with van der Waals surface area (Å²) in [5, 5.41) is 4.84. The summed E-state index contributed by atoms with van der Waals surface area (Å²) in [6, 6.07) is 11.6. The molecule has 0 spiro atoms. The molecule has 6 nitrogen and oxygen atoms in total. The van der Waals surface area contributed by atoms with Crippen LogP contribution in [0.2, 0.25) is 0 Å². The molecule has 0 radical (unpaired) electrons. The van der Waals surface area contributed by atoms with Gasteiger partial charge in [-0.15, -0.1) is 11.3 Å². The number of rotatable bonds is 6. The monoisotopic (exact) mass is 410 g/mol. The third-order valence-electron chi connectivity index (χ3n) is 5.54. The van der Waals surface area contributed by atoms with Gasteiger partial charge >= 0.3 is 0 Å². The topological polar surface area (TPSA) is 67.2 Å². The molecule has 2 aromatic heterocycles. The van der Waals surface area contributed by atoms with Crippen LogP contribution in [0, 0.1) is 5.92 Å². The first-order valence-electron chi connectivity index (χ1n) is 10.2. The molecule has 3 heterocycles. The second-order valence-electron chi connectivity index (χ2n) is 7.65. The molecule has 152 valence electrons. The Labute approximate surface area is 174 Å². The van der Waals surface area contributed by atoms with Crippen molar-refractivity contribution in [2.45, 2.75) is 32.7 Å². The van der Waals surface area contributed by atoms with Crippen molar-refractivity contribution < 1.29 is 9.59 Å². The molecular weight excluding hydrogens is 384 g/mol. The molecule has 3 aromatic rings. The van der Waals surface area contributed by atoms with Gasteiger partial charge in [0.15, 0.2) is 0 Å². The second kappa shape index (κ2) is 8.78. The number of fused-ring (bicyclic) bond motifs is 1. The molecule has 0 aliphatic carbocycles. The normalized spacial score (nSPS) is 15.0. The lowest BCUT2D eigenvalue weighted by atomic mass is 9.99. The summed E-state index contributed by atoms with van der Waals surface area (Å²) in [7, 11) is 0.